The number of nitrogens with one attached hydrogen (secondary N) is 4. The molecular weight excluding hydrogens is 552 g/mol. The fraction of sp³-hybridized carbons (Fsp3) is 0.273. The molecule has 3 aromatic heterocycles. The van der Waals surface area contributed by atoms with Gasteiger partial charge in [-0.15, -0.1) is 0 Å². The molecule has 0 aliphatic heterocycles. The lowest BCUT2D eigenvalue weighted by atomic mass is 9.81. The number of fused-ring (bicyclic) bond motifs is 2. The lowest BCUT2D eigenvalue weighted by Gasteiger charge is -2.28. The monoisotopic (exact) mass is 588 g/mol. The Morgan fingerprint density at radius 3 is 2.16 bits per heavy atom. The molecule has 0 unspecified atom stereocenters. The number of benzene rings is 3. The number of aromatic amines is 3. The lowest BCUT2D eigenvalue weighted by Crippen LogP contribution is -2.37. The first-order valence-electron chi connectivity index (χ1n) is 15.1. The fourth-order valence-corrected chi connectivity index (χ4v) is 6.37. The molecule has 7 rings (SSSR count). The van der Waals surface area contributed by atoms with Gasteiger partial charge in [0.25, 0.3) is 0 Å². The van der Waals surface area contributed by atoms with E-state index in [0.29, 0.717) is 36.3 Å². The summed E-state index contributed by atoms with van der Waals surface area (Å²) in [6.45, 7) is 0.677. The number of anilines is 2. The van der Waals surface area contributed by atoms with Crippen molar-refractivity contribution in [3.05, 3.63) is 78.1 Å². The molecule has 0 spiro atoms. The maximum atomic E-state index is 13.7. The third kappa shape index (κ3) is 5.26. The van der Waals surface area contributed by atoms with Crippen LogP contribution in [0.15, 0.2) is 66.7 Å². The number of carbonyl (C=O) groups is 1. The van der Waals surface area contributed by atoms with E-state index in [1.807, 2.05) is 54.6 Å². The number of hydrogen-bond donors (Lipinski definition) is 7. The second-order valence-electron chi connectivity index (χ2n) is 11.8. The molecule has 44 heavy (non-hydrogen) atoms. The number of nitrogens with two attached hydrogens (primary N) is 3. The Bertz CT molecular complexity index is 1830. The number of nitrogens with zero attached hydrogens (tertiary/aromatic N) is 3. The van der Waals surface area contributed by atoms with Gasteiger partial charge in [-0.25, -0.2) is 4.98 Å². The van der Waals surface area contributed by atoms with Crippen molar-refractivity contribution in [2.24, 2.45) is 17.6 Å². The van der Waals surface area contributed by atoms with Gasteiger partial charge in [-0.05, 0) is 74.4 Å². The highest BCUT2D eigenvalue weighted by Gasteiger charge is 2.29. The minimum absolute atomic E-state index is 0.0357. The van der Waals surface area contributed by atoms with Gasteiger partial charge in [0.1, 0.15) is 5.82 Å². The van der Waals surface area contributed by atoms with Gasteiger partial charge in [0.2, 0.25) is 5.91 Å². The van der Waals surface area contributed by atoms with Crippen LogP contribution in [0.25, 0.3) is 44.3 Å². The molecule has 11 nitrogen and oxygen atoms in total. The minimum Gasteiger partial charge on any atom is -0.382 e. The van der Waals surface area contributed by atoms with Crippen LogP contribution in [0.1, 0.15) is 43.1 Å². The number of carbonyl (C=O) groups excluding carboxylic acids is 1. The predicted octanol–water partition coefficient (Wildman–Crippen LogP) is 4.83. The van der Waals surface area contributed by atoms with Crippen LogP contribution in [0.4, 0.5) is 11.6 Å². The zero-order valence-electron chi connectivity index (χ0n) is 24.3. The van der Waals surface area contributed by atoms with Crippen molar-refractivity contribution in [1.82, 2.24) is 35.7 Å². The lowest BCUT2D eigenvalue weighted by molar-refractivity contribution is -0.127. The van der Waals surface area contributed by atoms with Crippen LogP contribution >= 0.6 is 0 Å². The number of H-pyrrole nitrogens is 3. The normalized spacial score (nSPS) is 17.7. The summed E-state index contributed by atoms with van der Waals surface area (Å²) < 4.78 is 0. The van der Waals surface area contributed by atoms with E-state index < -0.39 is 0 Å². The van der Waals surface area contributed by atoms with Crippen molar-refractivity contribution < 1.29 is 4.79 Å². The summed E-state index contributed by atoms with van der Waals surface area (Å²) in [4.78, 5) is 22.4. The van der Waals surface area contributed by atoms with Gasteiger partial charge >= 0.3 is 0 Å². The largest absolute Gasteiger partial charge is 0.382 e. The zero-order chi connectivity index (χ0) is 30.2. The number of rotatable bonds is 8. The molecule has 224 valence electrons. The van der Waals surface area contributed by atoms with Crippen LogP contribution in [0.3, 0.4) is 0 Å². The number of amides is 1. The summed E-state index contributed by atoms with van der Waals surface area (Å²) in [5.41, 5.74) is 24.1. The average Bonchev–Trinajstić information content (AvgIpc) is 3.78. The van der Waals surface area contributed by atoms with Crippen molar-refractivity contribution in [2.75, 3.05) is 18.0 Å². The van der Waals surface area contributed by atoms with Gasteiger partial charge in [0.05, 0.1) is 28.5 Å². The minimum atomic E-state index is -0.373. The molecule has 10 N–H and O–H groups in total. The first-order valence-corrected chi connectivity index (χ1v) is 15.1. The summed E-state index contributed by atoms with van der Waals surface area (Å²) in [6, 6.07) is 21.7. The van der Waals surface area contributed by atoms with E-state index in [1.54, 1.807) is 0 Å². The Hall–Kier alpha value is -5.16. The molecule has 6 aromatic rings. The number of aromatic nitrogens is 6. The molecule has 3 heterocycles. The molecule has 1 amide bonds. The van der Waals surface area contributed by atoms with E-state index in [0.717, 1.165) is 75.6 Å². The highest BCUT2D eigenvalue weighted by atomic mass is 16.2. The van der Waals surface area contributed by atoms with E-state index in [9.17, 15) is 4.79 Å². The Balaban J connectivity index is 1.31. The summed E-state index contributed by atoms with van der Waals surface area (Å²) in [7, 11) is 0. The summed E-state index contributed by atoms with van der Waals surface area (Å²) >= 11 is 0. The second-order valence-corrected chi connectivity index (χ2v) is 11.8. The van der Waals surface area contributed by atoms with Crippen LogP contribution in [0.5, 0.6) is 0 Å². The number of nitrogen functional groups attached to an aromatic ring is 2. The maximum absolute atomic E-state index is 13.7. The Labute approximate surface area is 254 Å². The second kappa shape index (κ2) is 11.5. The third-order valence-corrected chi connectivity index (χ3v) is 8.95. The van der Waals surface area contributed by atoms with Crippen molar-refractivity contribution in [2.45, 2.75) is 38.1 Å². The molecule has 11 heteroatoms. The van der Waals surface area contributed by atoms with Crippen LogP contribution in [-0.4, -0.2) is 42.8 Å². The van der Waals surface area contributed by atoms with Crippen LogP contribution in [-0.2, 0) is 11.2 Å². The molecule has 1 fully saturated rings. The Morgan fingerprint density at radius 1 is 0.864 bits per heavy atom. The first-order chi connectivity index (χ1) is 21.5. The maximum Gasteiger partial charge on any atom is 0.223 e. The average molecular weight is 589 g/mol. The Morgan fingerprint density at radius 2 is 1.50 bits per heavy atom. The molecule has 1 saturated carbocycles. The van der Waals surface area contributed by atoms with Gasteiger partial charge in [-0.3, -0.25) is 15.0 Å². The highest BCUT2D eigenvalue weighted by Crippen LogP contribution is 2.36. The fourth-order valence-electron chi connectivity index (χ4n) is 6.37. The first kappa shape index (κ1) is 27.7. The molecule has 1 aliphatic rings. The van der Waals surface area contributed by atoms with Crippen LogP contribution < -0.4 is 22.5 Å². The molecular formula is C33H36N10O. The summed E-state index contributed by atoms with van der Waals surface area (Å²) in [6.07, 6.45) is 4.24. The predicted molar refractivity (Wildman–Crippen MR) is 173 cm³/mol. The van der Waals surface area contributed by atoms with Gasteiger partial charge in [0, 0.05) is 27.8 Å². The number of imidazole rings is 1. The smallest absolute Gasteiger partial charge is 0.223 e. The summed E-state index contributed by atoms with van der Waals surface area (Å²) in [5.74, 6) is 2.10. The van der Waals surface area contributed by atoms with E-state index in [-0.39, 0.29) is 17.9 Å². The number of hydrogen-bond acceptors (Lipinski definition) is 7. The molecule has 1 aliphatic carbocycles. The molecule has 0 radical (unpaired) electrons. The van der Waals surface area contributed by atoms with Gasteiger partial charge in [-0.1, -0.05) is 42.5 Å². The van der Waals surface area contributed by atoms with Gasteiger partial charge in [0.15, 0.2) is 11.6 Å². The molecule has 3 aromatic carbocycles. The molecule has 1 atom stereocenters. The van der Waals surface area contributed by atoms with Crippen molar-refractivity contribution in [3.63, 3.8) is 0 Å². The summed E-state index contributed by atoms with van der Waals surface area (Å²) in [5, 5.41) is 19.4. The Kier molecular flexibility index (Phi) is 7.23. The van der Waals surface area contributed by atoms with E-state index in [4.69, 9.17) is 22.2 Å². The highest BCUT2D eigenvalue weighted by molar-refractivity contribution is 5.95. The van der Waals surface area contributed by atoms with E-state index in [2.05, 4.69) is 42.8 Å². The topological polar surface area (TPSA) is 193 Å². The van der Waals surface area contributed by atoms with Gasteiger partial charge in [-0.2, -0.15) is 10.2 Å². The van der Waals surface area contributed by atoms with Crippen molar-refractivity contribution in [1.29, 1.82) is 0 Å². The van der Waals surface area contributed by atoms with Crippen LogP contribution in [0, 0.1) is 11.8 Å². The van der Waals surface area contributed by atoms with E-state index >= 15 is 0 Å². The standard InChI is InChI=1S/C33H36N10O/c34-17-19-6-8-20(9-7-19)33(44)37-27(14-18-4-2-1-3-5-18)32-38-28(21-10-12-23-25(15-21)40-42-30(23)35)29(39-32)22-11-13-24-26(16-22)41-43-31(24)36/h1-5,10-13,15-16,19-20,27H,6-9,14,17,34H2,(H,37,44)(H,38,39)(H3,35,40,42)(H3,36,41,43)/t19-,20-,27-/m0/s1. The quantitative estimate of drug-likeness (QED) is 0.132. The van der Waals surface area contributed by atoms with Gasteiger partial charge < -0.3 is 27.5 Å². The van der Waals surface area contributed by atoms with Crippen molar-refractivity contribution in [3.8, 4) is 22.5 Å². The molecule has 0 saturated heterocycles. The van der Waals surface area contributed by atoms with Crippen LogP contribution in [0.2, 0.25) is 0 Å². The SMILES string of the molecule is NC[C@H]1CC[C@H](C(=O)N[C@@H](Cc2ccccc2)c2nc(-c3ccc4c(N)n[nH]c4c3)c(-c3ccc4c(N)n[nH]c4c3)[nH]2)CC1. The third-order valence-electron chi connectivity index (χ3n) is 8.95. The van der Waals surface area contributed by atoms with E-state index in [1.165, 1.54) is 0 Å². The van der Waals surface area contributed by atoms with Crippen molar-refractivity contribution >= 4 is 39.3 Å². The molecule has 0 bridgehead atoms. The zero-order valence-corrected chi connectivity index (χ0v) is 24.3.